The molecule has 0 saturated carbocycles. The molecule has 0 atom stereocenters. The van der Waals surface area contributed by atoms with Gasteiger partial charge in [-0.25, -0.2) is 19.1 Å². The van der Waals surface area contributed by atoms with Crippen molar-refractivity contribution in [1.29, 1.82) is 0 Å². The van der Waals surface area contributed by atoms with E-state index >= 15 is 0 Å². The van der Waals surface area contributed by atoms with Crippen molar-refractivity contribution in [3.63, 3.8) is 0 Å². The van der Waals surface area contributed by atoms with Crippen molar-refractivity contribution in [3.05, 3.63) is 93.9 Å². The first-order valence-electron chi connectivity index (χ1n) is 9.37. The Balaban J connectivity index is 1.54. The predicted molar refractivity (Wildman–Crippen MR) is 113 cm³/mol. The van der Waals surface area contributed by atoms with E-state index in [2.05, 4.69) is 10.3 Å². The molecule has 2 aromatic carbocycles. The van der Waals surface area contributed by atoms with Gasteiger partial charge in [-0.15, -0.1) is 0 Å². The molecule has 11 heteroatoms. The normalized spacial score (nSPS) is 14.9. The number of hydrogen-bond acceptors (Lipinski definition) is 7. The summed E-state index contributed by atoms with van der Waals surface area (Å²) in [7, 11) is 0. The number of rotatable bonds is 5. The molecule has 1 aromatic heterocycles. The van der Waals surface area contributed by atoms with Crippen LogP contribution in [-0.4, -0.2) is 27.8 Å². The van der Waals surface area contributed by atoms with Crippen molar-refractivity contribution in [1.82, 2.24) is 10.3 Å². The summed E-state index contributed by atoms with van der Waals surface area (Å²) >= 11 is 0. The number of aromatic nitrogens is 1. The van der Waals surface area contributed by atoms with Crippen LogP contribution in [0.15, 0.2) is 72.4 Å². The molecule has 1 fully saturated rings. The zero-order valence-corrected chi connectivity index (χ0v) is 16.6. The molecule has 164 valence electrons. The summed E-state index contributed by atoms with van der Waals surface area (Å²) in [6, 6.07) is 12.7. The van der Waals surface area contributed by atoms with Crippen molar-refractivity contribution in [2.24, 2.45) is 0 Å². The molecule has 1 aliphatic rings. The van der Waals surface area contributed by atoms with Crippen LogP contribution in [-0.2, 0) is 9.59 Å². The number of pyridine rings is 1. The molecule has 4 rings (SSSR count). The van der Waals surface area contributed by atoms with Crippen LogP contribution in [0.3, 0.4) is 0 Å². The lowest BCUT2D eigenvalue weighted by molar-refractivity contribution is -0.385. The number of halogens is 1. The Labute approximate surface area is 185 Å². The third kappa shape index (κ3) is 4.56. The Morgan fingerprint density at radius 2 is 1.82 bits per heavy atom. The fourth-order valence-corrected chi connectivity index (χ4v) is 2.97. The van der Waals surface area contributed by atoms with Crippen molar-refractivity contribution in [2.75, 3.05) is 4.90 Å². The summed E-state index contributed by atoms with van der Waals surface area (Å²) in [6.07, 6.45) is 2.34. The number of nitrogens with one attached hydrogen (secondary N) is 1. The van der Waals surface area contributed by atoms with Gasteiger partial charge in [-0.2, -0.15) is 0 Å². The summed E-state index contributed by atoms with van der Waals surface area (Å²) in [5.74, 6) is -1.93. The molecule has 1 aliphatic heterocycles. The molecule has 0 aliphatic carbocycles. The van der Waals surface area contributed by atoms with Gasteiger partial charge in [0.05, 0.1) is 10.6 Å². The van der Waals surface area contributed by atoms with Gasteiger partial charge in [0.25, 0.3) is 17.5 Å². The van der Waals surface area contributed by atoms with Crippen molar-refractivity contribution >= 4 is 35.3 Å². The molecule has 0 radical (unpaired) electrons. The number of anilines is 1. The van der Waals surface area contributed by atoms with Crippen LogP contribution in [0.1, 0.15) is 5.56 Å². The number of urea groups is 1. The predicted octanol–water partition coefficient (Wildman–Crippen LogP) is 3.59. The van der Waals surface area contributed by atoms with Crippen molar-refractivity contribution in [2.45, 2.75) is 0 Å². The van der Waals surface area contributed by atoms with Gasteiger partial charge in [0.1, 0.15) is 23.3 Å². The number of carbonyl (C=O) groups excluding carboxylic acids is 3. The number of amides is 4. The molecular weight excluding hydrogens is 435 g/mol. The molecular formula is C22H13FN4O6. The van der Waals surface area contributed by atoms with E-state index in [1.54, 1.807) is 12.1 Å². The minimum atomic E-state index is -0.980. The largest absolute Gasteiger partial charge is 0.439 e. The zero-order valence-electron chi connectivity index (χ0n) is 16.6. The number of nitrogens with zero attached hydrogens (tertiary/aromatic N) is 3. The highest BCUT2D eigenvalue weighted by Crippen LogP contribution is 2.25. The summed E-state index contributed by atoms with van der Waals surface area (Å²) in [5.41, 5.74) is -0.0589. The van der Waals surface area contributed by atoms with E-state index in [1.165, 1.54) is 42.5 Å². The Bertz CT molecular complexity index is 1310. The maximum absolute atomic E-state index is 13.5. The smallest absolute Gasteiger partial charge is 0.335 e. The van der Waals surface area contributed by atoms with E-state index in [0.717, 1.165) is 18.3 Å². The van der Waals surface area contributed by atoms with E-state index in [1.807, 2.05) is 0 Å². The molecule has 0 spiro atoms. The Morgan fingerprint density at radius 3 is 2.45 bits per heavy atom. The fourth-order valence-electron chi connectivity index (χ4n) is 2.97. The Hall–Kier alpha value is -4.93. The molecule has 4 amide bonds. The molecule has 1 saturated heterocycles. The van der Waals surface area contributed by atoms with Crippen LogP contribution in [0.4, 0.5) is 20.6 Å². The van der Waals surface area contributed by atoms with E-state index in [4.69, 9.17) is 4.74 Å². The maximum Gasteiger partial charge on any atom is 0.335 e. The second kappa shape index (κ2) is 8.67. The van der Waals surface area contributed by atoms with E-state index in [0.29, 0.717) is 16.2 Å². The van der Waals surface area contributed by atoms with Gasteiger partial charge >= 0.3 is 6.03 Å². The number of barbiturate groups is 1. The van der Waals surface area contributed by atoms with Gasteiger partial charge < -0.3 is 4.74 Å². The van der Waals surface area contributed by atoms with Gasteiger partial charge in [-0.3, -0.25) is 25.0 Å². The van der Waals surface area contributed by atoms with Crippen molar-refractivity contribution < 1.29 is 28.4 Å². The first-order valence-corrected chi connectivity index (χ1v) is 9.37. The minimum Gasteiger partial charge on any atom is -0.439 e. The molecule has 2 heterocycles. The monoisotopic (exact) mass is 448 g/mol. The number of carbonyl (C=O) groups is 3. The molecule has 0 bridgehead atoms. The average molecular weight is 448 g/mol. The van der Waals surface area contributed by atoms with Gasteiger partial charge in [0.15, 0.2) is 0 Å². The third-order valence-electron chi connectivity index (χ3n) is 4.51. The fraction of sp³-hybridized carbons (Fsp3) is 0. The van der Waals surface area contributed by atoms with E-state index in [9.17, 15) is 28.9 Å². The first-order chi connectivity index (χ1) is 15.8. The zero-order chi connectivity index (χ0) is 23.5. The first kappa shape index (κ1) is 21.3. The SMILES string of the molecule is O=C1NC(=O)N(c2cccc(F)c2)C(=O)/C1=C/c1ccc(Oc2ccc([N+](=O)[O-])cn2)cc1. The lowest BCUT2D eigenvalue weighted by atomic mass is 10.1. The Kier molecular flexibility index (Phi) is 5.60. The molecule has 0 unspecified atom stereocenters. The third-order valence-corrected chi connectivity index (χ3v) is 4.51. The lowest BCUT2D eigenvalue weighted by Gasteiger charge is -2.26. The standard InChI is InChI=1S/C22H13FN4O6/c23-14-2-1-3-15(11-14)26-21(29)18(20(28)25-22(26)30)10-13-4-7-17(8-5-13)33-19-9-6-16(12-24-19)27(31)32/h1-12H,(H,25,28,30)/b18-10+. The summed E-state index contributed by atoms with van der Waals surface area (Å²) < 4.78 is 19.1. The number of ether oxygens (including phenoxy) is 1. The highest BCUT2D eigenvalue weighted by Gasteiger charge is 2.36. The summed E-state index contributed by atoms with van der Waals surface area (Å²) in [5, 5.41) is 12.7. The lowest BCUT2D eigenvalue weighted by Crippen LogP contribution is -2.54. The number of hydrogen-bond donors (Lipinski definition) is 1. The molecule has 33 heavy (non-hydrogen) atoms. The number of benzene rings is 2. The van der Waals surface area contributed by atoms with Crippen LogP contribution in [0.5, 0.6) is 11.6 Å². The highest BCUT2D eigenvalue weighted by molar-refractivity contribution is 6.39. The highest BCUT2D eigenvalue weighted by atomic mass is 19.1. The second-order valence-electron chi connectivity index (χ2n) is 6.72. The summed E-state index contributed by atoms with van der Waals surface area (Å²) in [4.78, 5) is 51.8. The van der Waals surface area contributed by atoms with Gasteiger partial charge in [0.2, 0.25) is 5.88 Å². The molecule has 3 aromatic rings. The van der Waals surface area contributed by atoms with Crippen LogP contribution in [0.25, 0.3) is 6.08 Å². The Morgan fingerprint density at radius 1 is 1.06 bits per heavy atom. The minimum absolute atomic E-state index is 0.0183. The summed E-state index contributed by atoms with van der Waals surface area (Å²) in [6.45, 7) is 0. The maximum atomic E-state index is 13.5. The number of nitro groups is 1. The van der Waals surface area contributed by atoms with Crippen molar-refractivity contribution in [3.8, 4) is 11.6 Å². The quantitative estimate of drug-likeness (QED) is 0.273. The van der Waals surface area contributed by atoms with Gasteiger partial charge in [-0.1, -0.05) is 18.2 Å². The molecule has 1 N–H and O–H groups in total. The second-order valence-corrected chi connectivity index (χ2v) is 6.72. The van der Waals surface area contributed by atoms with Crippen LogP contribution in [0.2, 0.25) is 0 Å². The van der Waals surface area contributed by atoms with E-state index in [-0.39, 0.29) is 22.8 Å². The number of imide groups is 2. The van der Waals surface area contributed by atoms with Crippen LogP contribution in [0, 0.1) is 15.9 Å². The van der Waals surface area contributed by atoms with Gasteiger partial charge in [0, 0.05) is 12.1 Å². The molecule has 10 nitrogen and oxygen atoms in total. The van der Waals surface area contributed by atoms with Gasteiger partial charge in [-0.05, 0) is 42.0 Å². The average Bonchev–Trinajstić information content (AvgIpc) is 2.78. The van der Waals surface area contributed by atoms with E-state index < -0.39 is 28.6 Å². The van der Waals surface area contributed by atoms with Crippen LogP contribution >= 0.6 is 0 Å². The van der Waals surface area contributed by atoms with Crippen LogP contribution < -0.4 is 15.0 Å². The topological polar surface area (TPSA) is 132 Å².